The average molecular weight is 377 g/mol. The fraction of sp³-hybridized carbons (Fsp3) is 0.526. The van der Waals surface area contributed by atoms with E-state index in [4.69, 9.17) is 9.47 Å². The lowest BCUT2D eigenvalue weighted by atomic mass is 10.1. The largest absolute Gasteiger partial charge is 0.493 e. The van der Waals surface area contributed by atoms with Gasteiger partial charge in [0.1, 0.15) is 6.04 Å². The smallest absolute Gasteiger partial charge is 0.324 e. The van der Waals surface area contributed by atoms with Gasteiger partial charge in [-0.05, 0) is 30.0 Å². The van der Waals surface area contributed by atoms with Gasteiger partial charge in [-0.3, -0.25) is 14.5 Å². The van der Waals surface area contributed by atoms with Crippen molar-refractivity contribution in [3.8, 4) is 11.5 Å². The van der Waals surface area contributed by atoms with E-state index in [-0.39, 0.29) is 24.8 Å². The molecule has 4 amide bonds. The summed E-state index contributed by atoms with van der Waals surface area (Å²) in [6.07, 6.45) is 0.427. The Morgan fingerprint density at radius 2 is 1.93 bits per heavy atom. The Labute approximate surface area is 159 Å². The SMILES string of the molecule is COc1ccc(CCN2C(=O)N[C@@H](CC(=O)NCC(C)C)C2=O)cc1OC. The van der Waals surface area contributed by atoms with Crippen LogP contribution in [0.25, 0.3) is 0 Å². The molecule has 1 aromatic carbocycles. The van der Waals surface area contributed by atoms with Crippen LogP contribution in [0.3, 0.4) is 0 Å². The predicted octanol–water partition coefficient (Wildman–Crippen LogP) is 1.33. The van der Waals surface area contributed by atoms with Crippen molar-refractivity contribution in [2.75, 3.05) is 27.3 Å². The number of ether oxygens (including phenoxy) is 2. The molecule has 8 nitrogen and oxygen atoms in total. The first-order chi connectivity index (χ1) is 12.8. The maximum atomic E-state index is 12.5. The number of amides is 4. The van der Waals surface area contributed by atoms with Gasteiger partial charge in [0.15, 0.2) is 11.5 Å². The van der Waals surface area contributed by atoms with E-state index in [0.717, 1.165) is 10.5 Å². The molecule has 0 aliphatic carbocycles. The topological polar surface area (TPSA) is 97.0 Å². The summed E-state index contributed by atoms with van der Waals surface area (Å²) in [6.45, 7) is 4.73. The van der Waals surface area contributed by atoms with Crippen LogP contribution in [-0.2, 0) is 16.0 Å². The molecule has 0 radical (unpaired) electrons. The summed E-state index contributed by atoms with van der Waals surface area (Å²) in [5.74, 6) is 0.903. The minimum atomic E-state index is -0.810. The Bertz CT molecular complexity index is 705. The number of benzene rings is 1. The predicted molar refractivity (Wildman–Crippen MR) is 99.7 cm³/mol. The van der Waals surface area contributed by atoms with Crippen LogP contribution in [0.4, 0.5) is 4.79 Å². The monoisotopic (exact) mass is 377 g/mol. The number of imide groups is 1. The first kappa shape index (κ1) is 20.5. The van der Waals surface area contributed by atoms with Crippen molar-refractivity contribution < 1.29 is 23.9 Å². The van der Waals surface area contributed by atoms with Gasteiger partial charge in [-0.1, -0.05) is 19.9 Å². The molecule has 1 heterocycles. The molecule has 1 atom stereocenters. The Kier molecular flexibility index (Phi) is 7.04. The molecule has 1 fully saturated rings. The third-order valence-corrected chi connectivity index (χ3v) is 4.28. The summed E-state index contributed by atoms with van der Waals surface area (Å²) >= 11 is 0. The molecule has 8 heteroatoms. The summed E-state index contributed by atoms with van der Waals surface area (Å²) in [4.78, 5) is 37.6. The zero-order valence-corrected chi connectivity index (χ0v) is 16.2. The van der Waals surface area contributed by atoms with Crippen LogP contribution >= 0.6 is 0 Å². The van der Waals surface area contributed by atoms with E-state index in [0.29, 0.717) is 30.4 Å². The van der Waals surface area contributed by atoms with Crippen LogP contribution < -0.4 is 20.1 Å². The van der Waals surface area contributed by atoms with Crippen LogP contribution in [0.1, 0.15) is 25.8 Å². The van der Waals surface area contributed by atoms with Gasteiger partial charge in [-0.2, -0.15) is 0 Å². The molecule has 148 valence electrons. The first-order valence-corrected chi connectivity index (χ1v) is 8.95. The normalized spacial score (nSPS) is 16.5. The summed E-state index contributed by atoms with van der Waals surface area (Å²) in [5, 5.41) is 5.34. The molecular weight excluding hydrogens is 350 g/mol. The van der Waals surface area contributed by atoms with Gasteiger partial charge in [0.25, 0.3) is 5.91 Å². The van der Waals surface area contributed by atoms with E-state index in [2.05, 4.69) is 10.6 Å². The Hall–Kier alpha value is -2.77. The Balaban J connectivity index is 1.92. The van der Waals surface area contributed by atoms with Crippen LogP contribution in [0.5, 0.6) is 11.5 Å². The molecule has 1 aliphatic heterocycles. The van der Waals surface area contributed by atoms with Crippen molar-refractivity contribution in [3.63, 3.8) is 0 Å². The summed E-state index contributed by atoms with van der Waals surface area (Å²) in [5.41, 5.74) is 0.909. The fourth-order valence-electron chi connectivity index (χ4n) is 2.78. The van der Waals surface area contributed by atoms with Gasteiger partial charge in [0.05, 0.1) is 20.6 Å². The second-order valence-corrected chi connectivity index (χ2v) is 6.83. The minimum Gasteiger partial charge on any atom is -0.493 e. The van der Waals surface area contributed by atoms with Crippen molar-refractivity contribution in [1.82, 2.24) is 15.5 Å². The van der Waals surface area contributed by atoms with Gasteiger partial charge in [0, 0.05) is 13.1 Å². The maximum Gasteiger partial charge on any atom is 0.324 e. The number of carbonyl (C=O) groups excluding carboxylic acids is 3. The highest BCUT2D eigenvalue weighted by Crippen LogP contribution is 2.27. The molecule has 2 rings (SSSR count). The zero-order chi connectivity index (χ0) is 20.0. The van der Waals surface area contributed by atoms with E-state index in [1.807, 2.05) is 26.0 Å². The third-order valence-electron chi connectivity index (χ3n) is 4.28. The first-order valence-electron chi connectivity index (χ1n) is 8.95. The number of nitrogens with one attached hydrogen (secondary N) is 2. The van der Waals surface area contributed by atoms with Gasteiger partial charge in [-0.15, -0.1) is 0 Å². The van der Waals surface area contributed by atoms with Gasteiger partial charge in [-0.25, -0.2) is 4.79 Å². The highest BCUT2D eigenvalue weighted by Gasteiger charge is 2.38. The van der Waals surface area contributed by atoms with Gasteiger partial charge >= 0.3 is 6.03 Å². The number of urea groups is 1. The highest BCUT2D eigenvalue weighted by atomic mass is 16.5. The number of nitrogens with zero attached hydrogens (tertiary/aromatic N) is 1. The minimum absolute atomic E-state index is 0.0514. The molecule has 27 heavy (non-hydrogen) atoms. The lowest BCUT2D eigenvalue weighted by Crippen LogP contribution is -2.37. The Morgan fingerprint density at radius 3 is 2.56 bits per heavy atom. The molecule has 2 N–H and O–H groups in total. The Morgan fingerprint density at radius 1 is 1.22 bits per heavy atom. The van der Waals surface area contributed by atoms with E-state index >= 15 is 0 Å². The van der Waals surface area contributed by atoms with Crippen LogP contribution in [0.2, 0.25) is 0 Å². The summed E-state index contributed by atoms with van der Waals surface area (Å²) < 4.78 is 10.5. The lowest BCUT2D eigenvalue weighted by Gasteiger charge is -2.14. The van der Waals surface area contributed by atoms with Crippen molar-refractivity contribution in [2.24, 2.45) is 5.92 Å². The number of hydrogen-bond donors (Lipinski definition) is 2. The van der Waals surface area contributed by atoms with E-state index in [9.17, 15) is 14.4 Å². The molecule has 1 saturated heterocycles. The van der Waals surface area contributed by atoms with Crippen molar-refractivity contribution in [1.29, 1.82) is 0 Å². The van der Waals surface area contributed by atoms with E-state index in [1.165, 1.54) is 0 Å². The molecule has 0 unspecified atom stereocenters. The second-order valence-electron chi connectivity index (χ2n) is 6.83. The number of carbonyl (C=O) groups is 3. The van der Waals surface area contributed by atoms with Crippen LogP contribution in [0, 0.1) is 5.92 Å². The summed E-state index contributed by atoms with van der Waals surface area (Å²) in [7, 11) is 3.11. The summed E-state index contributed by atoms with van der Waals surface area (Å²) in [6, 6.07) is 4.17. The fourth-order valence-corrected chi connectivity index (χ4v) is 2.78. The van der Waals surface area contributed by atoms with Crippen molar-refractivity contribution in [2.45, 2.75) is 32.7 Å². The zero-order valence-electron chi connectivity index (χ0n) is 16.2. The quantitative estimate of drug-likeness (QED) is 0.633. The maximum absolute atomic E-state index is 12.5. The third kappa shape index (κ3) is 5.35. The number of rotatable bonds is 9. The van der Waals surface area contributed by atoms with Crippen molar-refractivity contribution >= 4 is 17.8 Å². The molecule has 0 aromatic heterocycles. The standard InChI is InChI=1S/C19H27N3O5/c1-12(2)11-20-17(23)10-14-18(24)22(19(25)21-14)8-7-13-5-6-15(26-3)16(9-13)27-4/h5-6,9,12,14H,7-8,10-11H2,1-4H3,(H,20,23)(H,21,25)/t14-/m0/s1. The van der Waals surface area contributed by atoms with Gasteiger partial charge in [0.2, 0.25) is 5.91 Å². The van der Waals surface area contributed by atoms with E-state index < -0.39 is 12.1 Å². The molecular formula is C19H27N3O5. The van der Waals surface area contributed by atoms with Crippen LogP contribution in [-0.4, -0.2) is 56.1 Å². The average Bonchev–Trinajstić information content (AvgIpc) is 2.91. The molecule has 0 bridgehead atoms. The molecule has 0 spiro atoms. The van der Waals surface area contributed by atoms with E-state index in [1.54, 1.807) is 20.3 Å². The molecule has 0 saturated carbocycles. The number of hydrogen-bond acceptors (Lipinski definition) is 5. The molecule has 1 aliphatic rings. The second kappa shape index (κ2) is 9.25. The van der Waals surface area contributed by atoms with Crippen LogP contribution in [0.15, 0.2) is 18.2 Å². The van der Waals surface area contributed by atoms with Crippen molar-refractivity contribution in [3.05, 3.63) is 23.8 Å². The number of methoxy groups -OCH3 is 2. The molecule has 1 aromatic rings. The van der Waals surface area contributed by atoms with Gasteiger partial charge < -0.3 is 20.1 Å². The highest BCUT2D eigenvalue weighted by molar-refractivity contribution is 6.05. The lowest BCUT2D eigenvalue weighted by molar-refractivity contribution is -0.130.